The van der Waals surface area contributed by atoms with Crippen molar-refractivity contribution >= 4 is 11.9 Å². The van der Waals surface area contributed by atoms with Crippen LogP contribution in [0.3, 0.4) is 0 Å². The Bertz CT molecular complexity index is 414. The van der Waals surface area contributed by atoms with Crippen LogP contribution in [0.15, 0.2) is 0 Å². The summed E-state index contributed by atoms with van der Waals surface area (Å²) in [6.07, 6.45) is 0. The van der Waals surface area contributed by atoms with Crippen LogP contribution in [0.25, 0.3) is 0 Å². The molecule has 0 fully saturated rings. The molecule has 0 aliphatic carbocycles. The zero-order valence-corrected chi connectivity index (χ0v) is 8.99. The smallest absolute Gasteiger partial charge is 0.338 e. The minimum Gasteiger partial charge on any atom is -0.460 e. The maximum absolute atomic E-state index is 11.0. The first-order valence-electron chi connectivity index (χ1n) is 4.52. The number of nitrogens with zero attached hydrogens (tertiary/aromatic N) is 4. The van der Waals surface area contributed by atoms with E-state index in [0.717, 1.165) is 0 Å². The summed E-state index contributed by atoms with van der Waals surface area (Å²) in [6.45, 7) is -0.734. The molecular weight excluding hydrogens is 240 g/mol. The van der Waals surface area contributed by atoms with E-state index in [-0.39, 0.29) is 13.2 Å². The highest BCUT2D eigenvalue weighted by atomic mass is 16.6. The predicted octanol–water partition coefficient (Wildman–Crippen LogP) is -0.600. The number of carbonyl (C=O) groups excluding carboxylic acids is 2. The standard InChI is InChI=1S/C10H6N4O4/c11-3-7(4-12)9(15)17-1-2-18-10(16)8(5-13)6-14/h7-8H,1-2H2. The Kier molecular flexibility index (Phi) is 6.70. The Hall–Kier alpha value is -3.10. The van der Waals surface area contributed by atoms with Crippen LogP contribution in [0.1, 0.15) is 0 Å². The van der Waals surface area contributed by atoms with Gasteiger partial charge in [-0.1, -0.05) is 0 Å². The van der Waals surface area contributed by atoms with E-state index in [1.165, 1.54) is 24.3 Å². The Morgan fingerprint density at radius 3 is 1.28 bits per heavy atom. The molecule has 0 spiro atoms. The van der Waals surface area contributed by atoms with Crippen LogP contribution in [0.2, 0.25) is 0 Å². The van der Waals surface area contributed by atoms with Crippen LogP contribution >= 0.6 is 0 Å². The monoisotopic (exact) mass is 246 g/mol. The fraction of sp³-hybridized carbons (Fsp3) is 0.400. The summed E-state index contributed by atoms with van der Waals surface area (Å²) >= 11 is 0. The molecule has 8 heteroatoms. The Morgan fingerprint density at radius 2 is 1.06 bits per heavy atom. The van der Waals surface area contributed by atoms with E-state index >= 15 is 0 Å². The van der Waals surface area contributed by atoms with Crippen molar-refractivity contribution in [3.05, 3.63) is 0 Å². The molecule has 0 radical (unpaired) electrons. The van der Waals surface area contributed by atoms with Gasteiger partial charge < -0.3 is 9.47 Å². The number of ether oxygens (including phenoxy) is 2. The minimum atomic E-state index is -1.54. The average molecular weight is 246 g/mol. The fourth-order valence-electron chi connectivity index (χ4n) is 0.720. The third kappa shape index (κ3) is 4.61. The van der Waals surface area contributed by atoms with Crippen molar-refractivity contribution in [2.24, 2.45) is 11.8 Å². The predicted molar refractivity (Wildman–Crippen MR) is 51.4 cm³/mol. The maximum atomic E-state index is 11.0. The molecule has 0 unspecified atom stereocenters. The molecule has 0 aromatic rings. The average Bonchev–Trinajstić information content (AvgIpc) is 2.37. The number of hydrogen-bond donors (Lipinski definition) is 0. The van der Waals surface area contributed by atoms with Gasteiger partial charge in [0.05, 0.1) is 24.3 Å². The third-order valence-corrected chi connectivity index (χ3v) is 1.56. The van der Waals surface area contributed by atoms with E-state index in [9.17, 15) is 9.59 Å². The number of hydrogen-bond acceptors (Lipinski definition) is 8. The molecule has 0 aliphatic rings. The van der Waals surface area contributed by atoms with Crippen molar-refractivity contribution in [1.29, 1.82) is 21.0 Å². The molecule has 8 nitrogen and oxygen atoms in total. The van der Waals surface area contributed by atoms with Gasteiger partial charge in [-0.15, -0.1) is 0 Å². The van der Waals surface area contributed by atoms with Crippen LogP contribution < -0.4 is 0 Å². The summed E-state index contributed by atoms with van der Waals surface area (Å²) in [5.41, 5.74) is 0. The summed E-state index contributed by atoms with van der Waals surface area (Å²) in [5.74, 6) is -5.17. The van der Waals surface area contributed by atoms with Crippen LogP contribution in [-0.2, 0) is 19.1 Å². The van der Waals surface area contributed by atoms with E-state index < -0.39 is 23.8 Å². The molecule has 0 heterocycles. The molecule has 0 aliphatic heterocycles. The molecule has 0 saturated heterocycles. The van der Waals surface area contributed by atoms with Gasteiger partial charge in [-0.3, -0.25) is 0 Å². The van der Waals surface area contributed by atoms with E-state index in [2.05, 4.69) is 9.47 Å². The first-order chi connectivity index (χ1) is 8.60. The summed E-state index contributed by atoms with van der Waals surface area (Å²) < 4.78 is 8.91. The van der Waals surface area contributed by atoms with E-state index in [4.69, 9.17) is 21.0 Å². The summed E-state index contributed by atoms with van der Waals surface area (Å²) in [7, 11) is 0. The molecule has 0 atom stereocenters. The van der Waals surface area contributed by atoms with Crippen molar-refractivity contribution in [3.8, 4) is 24.3 Å². The van der Waals surface area contributed by atoms with Crippen LogP contribution in [-0.4, -0.2) is 25.2 Å². The molecule has 0 aromatic carbocycles. The highest BCUT2D eigenvalue weighted by Gasteiger charge is 2.20. The van der Waals surface area contributed by atoms with Gasteiger partial charge in [0.1, 0.15) is 13.2 Å². The van der Waals surface area contributed by atoms with Gasteiger partial charge in [-0.05, 0) is 0 Å². The highest BCUT2D eigenvalue weighted by Crippen LogP contribution is 1.98. The molecule has 0 bridgehead atoms. The van der Waals surface area contributed by atoms with Crippen molar-refractivity contribution in [3.63, 3.8) is 0 Å². The molecule has 18 heavy (non-hydrogen) atoms. The largest absolute Gasteiger partial charge is 0.460 e. The lowest BCUT2D eigenvalue weighted by atomic mass is 10.2. The quantitative estimate of drug-likeness (QED) is 0.461. The lowest BCUT2D eigenvalue weighted by molar-refractivity contribution is -0.153. The minimum absolute atomic E-state index is 0.367. The third-order valence-electron chi connectivity index (χ3n) is 1.56. The maximum Gasteiger partial charge on any atom is 0.338 e. The van der Waals surface area contributed by atoms with Crippen LogP contribution in [0, 0.1) is 57.2 Å². The molecular formula is C10H6N4O4. The SMILES string of the molecule is N#CC(C#N)C(=O)OCCOC(=O)C(C#N)C#N. The second-order valence-corrected chi connectivity index (χ2v) is 2.72. The molecule has 0 aromatic heterocycles. The molecule has 0 saturated carbocycles. The summed E-state index contributed by atoms with van der Waals surface area (Å²) in [5, 5.41) is 33.4. The number of nitriles is 4. The normalized spacial score (nSPS) is 8.56. The van der Waals surface area contributed by atoms with Crippen molar-refractivity contribution in [1.82, 2.24) is 0 Å². The van der Waals surface area contributed by atoms with E-state index in [1.807, 2.05) is 0 Å². The lowest BCUT2D eigenvalue weighted by Crippen LogP contribution is -2.21. The zero-order valence-electron chi connectivity index (χ0n) is 8.99. The van der Waals surface area contributed by atoms with Gasteiger partial charge in [-0.25, -0.2) is 9.59 Å². The van der Waals surface area contributed by atoms with Crippen molar-refractivity contribution in [2.45, 2.75) is 0 Å². The molecule has 90 valence electrons. The summed E-state index contributed by atoms with van der Waals surface area (Å²) in [4.78, 5) is 22.0. The topological polar surface area (TPSA) is 148 Å². The number of carbonyl (C=O) groups is 2. The van der Waals surface area contributed by atoms with Crippen molar-refractivity contribution in [2.75, 3.05) is 13.2 Å². The van der Waals surface area contributed by atoms with Crippen LogP contribution in [0.5, 0.6) is 0 Å². The number of rotatable bonds is 5. The first kappa shape index (κ1) is 14.9. The highest BCUT2D eigenvalue weighted by molar-refractivity contribution is 5.78. The Morgan fingerprint density at radius 1 is 0.778 bits per heavy atom. The van der Waals surface area contributed by atoms with E-state index in [0.29, 0.717) is 0 Å². The van der Waals surface area contributed by atoms with Crippen LogP contribution in [0.4, 0.5) is 0 Å². The second-order valence-electron chi connectivity index (χ2n) is 2.72. The molecule has 0 rings (SSSR count). The van der Waals surface area contributed by atoms with Crippen molar-refractivity contribution < 1.29 is 19.1 Å². The van der Waals surface area contributed by atoms with Gasteiger partial charge in [-0.2, -0.15) is 21.0 Å². The summed E-state index contributed by atoms with van der Waals surface area (Å²) in [6, 6.07) is 5.63. The zero-order chi connectivity index (χ0) is 14.0. The van der Waals surface area contributed by atoms with E-state index in [1.54, 1.807) is 0 Å². The molecule has 0 amide bonds. The molecule has 0 N–H and O–H groups in total. The first-order valence-corrected chi connectivity index (χ1v) is 4.52. The number of esters is 2. The second kappa shape index (κ2) is 8.10. The van der Waals surface area contributed by atoms with Gasteiger partial charge in [0.25, 0.3) is 0 Å². The van der Waals surface area contributed by atoms with Gasteiger partial charge >= 0.3 is 11.9 Å². The van der Waals surface area contributed by atoms with Gasteiger partial charge in [0.15, 0.2) is 0 Å². The fourth-order valence-corrected chi connectivity index (χ4v) is 0.720. The van der Waals surface area contributed by atoms with Gasteiger partial charge in [0, 0.05) is 0 Å². The Labute approximate surface area is 102 Å². The van der Waals surface area contributed by atoms with Gasteiger partial charge in [0.2, 0.25) is 11.8 Å². The lowest BCUT2D eigenvalue weighted by Gasteiger charge is -2.06. The Balaban J connectivity index is 3.98.